The van der Waals surface area contributed by atoms with Crippen LogP contribution in [0.5, 0.6) is 0 Å². The Kier molecular flexibility index (Phi) is 1700. The van der Waals surface area contributed by atoms with Gasteiger partial charge in [0.05, 0.1) is 0 Å². The molecule has 0 amide bonds. The van der Waals surface area contributed by atoms with E-state index in [1.54, 1.807) is 0 Å². The topological polar surface area (TPSA) is 0 Å². The first-order valence-electron chi connectivity index (χ1n) is 48.9. The van der Waals surface area contributed by atoms with Gasteiger partial charge in [0, 0.05) is 0 Å². The summed E-state index contributed by atoms with van der Waals surface area (Å²) in [5.74, 6) is 0. The Balaban J connectivity index is -0.00000000958. The molecule has 0 spiro atoms. The summed E-state index contributed by atoms with van der Waals surface area (Å²) in [4.78, 5) is 0. The monoisotopic (exact) mass is 7290 g/mol. The quantitative estimate of drug-likeness (QED) is 0.155. The summed E-state index contributed by atoms with van der Waals surface area (Å²) >= 11 is 92.8. The number of aryl methyl sites for hydroxylation is 1. The number of hydrogen-bond acceptors (Lipinski definition) is 0. The second-order valence-electron chi connectivity index (χ2n) is 6.37. The molecule has 0 nitrogen and oxygen atoms in total. The van der Waals surface area contributed by atoms with Gasteiger partial charge < -0.3 is 8.85 Å². The van der Waals surface area contributed by atoms with Crippen LogP contribution in [-0.4, -0.2) is 2710 Å². The maximum absolute atomic E-state index is 2.30. The van der Waals surface area contributed by atoms with Gasteiger partial charge in [0.15, 0.2) is 0 Å². The van der Waals surface area contributed by atoms with Crippen molar-refractivity contribution in [2.45, 2.75) is 60.8 Å². The minimum absolute atomic E-state index is 0. The van der Waals surface area contributed by atoms with Gasteiger partial charge in [0.25, 0.3) is 0 Å². The van der Waals surface area contributed by atoms with Crippen LogP contribution in [0, 0.1) is 14.4 Å². The van der Waals surface area contributed by atoms with Crippen LogP contribution in [0.25, 0.3) is 21.5 Å². The molecule has 0 saturated carbocycles. The van der Waals surface area contributed by atoms with Gasteiger partial charge in [-0.3, -0.25) is 0 Å². The van der Waals surface area contributed by atoms with Crippen LogP contribution in [-0.2, 0) is 5.41 Å². The van der Waals surface area contributed by atoms with Crippen molar-refractivity contribution < 1.29 is 118 Å². The molecule has 3 aromatic rings. The second-order valence-corrected chi connectivity index (χ2v) is 6.37. The van der Waals surface area contributed by atoms with E-state index < -0.39 is 0 Å². The third kappa shape index (κ3) is 434. The first kappa shape index (κ1) is 364. The fourth-order valence-corrected chi connectivity index (χ4v) is 3.05. The van der Waals surface area contributed by atoms with Gasteiger partial charge >= 0.3 is 2820 Å². The van der Waals surface area contributed by atoms with E-state index in [-0.39, 0.29) is 131 Å². The molecular formula is C24H36Rb82. The van der Waals surface area contributed by atoms with Crippen molar-refractivity contribution >= 4 is 2730 Å². The number of benzene rings is 3. The average molecular weight is 7330 g/mol. The predicted molar refractivity (Wildman–Crippen MR) is 575 cm³/mol. The normalized spacial score (nSPS) is 5.32. The number of hydrogen-bond donors (Lipinski definition) is 0. The maximum atomic E-state index is 2.30. The minimum atomic E-state index is 0. The fraction of sp³-hybridized carbons (Fsp3) is 0.375. The molecule has 0 N–H and O–H groups in total. The van der Waals surface area contributed by atoms with Crippen LogP contribution in [0.2, 0.25) is 0 Å². The van der Waals surface area contributed by atoms with E-state index in [0.29, 0.717) is 0 Å². The molecule has 0 fully saturated rings. The van der Waals surface area contributed by atoms with Crippen LogP contribution < -0.4 is 116 Å². The van der Waals surface area contributed by atoms with E-state index in [2.05, 4.69) is 76.2 Å². The van der Waals surface area contributed by atoms with Gasteiger partial charge in [-0.05, 0) is 45.0 Å². The zero-order valence-electron chi connectivity index (χ0n) is 100. The van der Waals surface area contributed by atoms with Crippen molar-refractivity contribution in [3.05, 3.63) is 67.1 Å². The van der Waals surface area contributed by atoms with Crippen LogP contribution in [0.4, 0.5) is 0 Å². The molecule has 0 saturated heterocycles. The first-order chi connectivity index (χ1) is 51.0. The van der Waals surface area contributed by atoms with Crippen molar-refractivity contribution in [3.63, 3.8) is 0 Å². The molecule has 0 atom stereocenters. The molecule has 214 valence electrons. The van der Waals surface area contributed by atoms with Crippen molar-refractivity contribution in [2.24, 2.45) is 0 Å². The van der Waals surface area contributed by atoms with Crippen LogP contribution in [0.1, 0.15) is 61.0 Å². The van der Waals surface area contributed by atoms with Crippen molar-refractivity contribution in [1.29, 1.82) is 0 Å². The summed E-state index contributed by atoms with van der Waals surface area (Å²) in [6.45, 7) is 17.1. The third-order valence-electron chi connectivity index (χ3n) is 4.00. The second kappa shape index (κ2) is 495. The molecule has 82 heteroatoms. The van der Waals surface area contributed by atoms with Crippen LogP contribution >= 0.6 is 0 Å². The Labute approximate surface area is 2740 Å². The Morgan fingerprint density at radius 1 is 0.179 bits per heavy atom. The van der Waals surface area contributed by atoms with Gasteiger partial charge in [0.1, 0.15) is 0 Å². The molecule has 0 aromatic heterocycles. The Bertz CT molecular complexity index is 848. The Morgan fingerprint density at radius 2 is 0.302 bits per heavy atom. The van der Waals surface area contributed by atoms with E-state index in [1.165, 1.54) is 32.7 Å². The molecule has 0 unspecified atom stereocenters. The number of fused-ring (bicyclic) bond motifs is 3. The fourth-order valence-electron chi connectivity index (χ4n) is 3.05. The van der Waals surface area contributed by atoms with Crippen molar-refractivity contribution in [2.75, 3.05) is 0 Å². The SMILES string of the molecule is CC.CC.Cc1c(C(C)(C)C)ccc2c1ccc1ccccc12.[CH3-].[H-].[Rb+].[Rb+].[Rb][Rb].[Rb][Rb].[Rb][Rb].[Rb][Rb].[Rb][Rb].[Rb][Rb].[Rb][Rb].[Rb][Rb].[Rb][Rb].[Rb][Rb].[Rb][Rb].[Rb][Rb].[Rb][Rb].[Rb][Rb].[Rb][Rb].[Rb][Rb].[Rb][Rb].[Rb][Rb].[Rb][Rb].[Rb][Rb].[Rb][Rb].[Rb][Rb].[Rb][Rb].[Rb][Rb].[Rb][Rb].[Rb][Rb].[Rb][Rb].[Rb][Rb].[Rb][Rb].[Rb][Rb].[Rb][Rb].[Rb][Rb].[Rb][Rb].[Rb][Rb].[Rb][Rb].[Rb][Rb].[Rb][Rb].[Rb][Rb].[Rb][Rb].[Rb][Rb]. The van der Waals surface area contributed by atoms with Crippen molar-refractivity contribution in [1.82, 2.24) is 0 Å². The zero-order chi connectivity index (χ0) is 97.6. The van der Waals surface area contributed by atoms with Gasteiger partial charge in [-0.2, -0.15) is 0 Å². The summed E-state index contributed by atoms with van der Waals surface area (Å²) in [6.07, 6.45) is 0. The third-order valence-corrected chi connectivity index (χ3v) is 4.00. The molecule has 106 heavy (non-hydrogen) atoms. The van der Waals surface area contributed by atoms with Crippen molar-refractivity contribution in [3.8, 4) is 0 Å². The Morgan fingerprint density at radius 3 is 0.434 bits per heavy atom. The van der Waals surface area contributed by atoms with E-state index in [9.17, 15) is 0 Å². The molecule has 3 aromatic carbocycles. The molecule has 3 rings (SSSR count). The Hall–Kier alpha value is 146. The molecule has 0 aliphatic heterocycles. The van der Waals surface area contributed by atoms with E-state index in [4.69, 9.17) is 0 Å². The summed E-state index contributed by atoms with van der Waals surface area (Å²) in [7, 11) is 0. The molecule has 0 aliphatic carbocycles. The predicted octanol–water partition coefficient (Wildman–Crippen LogP) is -28.2. The van der Waals surface area contributed by atoms with Gasteiger partial charge in [-0.15, -0.1) is 0 Å². The number of rotatable bonds is 0. The zero-order valence-corrected chi connectivity index (χ0v) is 502. The van der Waals surface area contributed by atoms with E-state index in [0.717, 1.165) is 2710 Å². The summed E-state index contributed by atoms with van der Waals surface area (Å²) in [5, 5.41) is 5.41. The first-order valence-corrected chi connectivity index (χ1v) is 1410. The van der Waals surface area contributed by atoms with Gasteiger partial charge in [0.2, 0.25) is 0 Å². The van der Waals surface area contributed by atoms with Gasteiger partial charge in [-0.25, -0.2) is 0 Å². The van der Waals surface area contributed by atoms with E-state index in [1.807, 2.05) is 27.7 Å². The summed E-state index contributed by atoms with van der Waals surface area (Å²) in [5.41, 5.74) is 3.05. The molecule has 0 heterocycles. The molecule has 0 radical (unpaired) electrons. The van der Waals surface area contributed by atoms with E-state index >= 15 is 0 Å². The summed E-state index contributed by atoms with van der Waals surface area (Å²) in [6, 6.07) is 17.7. The van der Waals surface area contributed by atoms with Gasteiger partial charge in [-0.1, -0.05) is 97.0 Å². The summed E-state index contributed by atoms with van der Waals surface area (Å²) < 4.78 is 0. The standard InChI is InChI=1S/C19H20.2C2H6.CH3.82Rb.H/c1-13-15-10-9-14-7-5-6-8-16(14)17(15)11-12-18(13)19(2,3)4;2*1-2;;;;;;;;;;;;;;;;;;;;;;;;;;;;;;;;;;;;;;;;;;;;;;;;;;;;;;;;;;;;;;;;;;;;;;;;;;;;;;;;;;;;/h5-12H,1-4H3;2*1-2H3;1H3;;;;;;;;;;;;;;;;;;;;;;;;;;;;;;;;;;;;;;;;;;;;;;;;;;;;;;;;;;;;;;;;;;;;;;;;;;;;;;;;;;;/q;;;-1;;;;;;;;;;;;;;;;;;;;;;;;;;;;;;;;;;;;;;;;;;;;;;;;;;;;;;;;;;;;;;;;;;;;;;;;;;;;;;;;;2*+1;-1. The molecular weight excluding hydrogens is 7300 g/mol. The molecule has 0 bridgehead atoms. The van der Waals surface area contributed by atoms with Crippen LogP contribution in [0.3, 0.4) is 0 Å². The average Bonchev–Trinajstić information content (AvgIpc) is 0.772. The van der Waals surface area contributed by atoms with Crippen LogP contribution in [0.15, 0.2) is 48.5 Å². The molecule has 0 aliphatic rings.